The van der Waals surface area contributed by atoms with Crippen molar-refractivity contribution >= 4 is 62.0 Å². The van der Waals surface area contributed by atoms with Crippen molar-refractivity contribution in [2.45, 2.75) is 177 Å². The van der Waals surface area contributed by atoms with Gasteiger partial charge in [-0.1, -0.05) is 115 Å². The Balaban J connectivity index is 0.000000276. The number of aliphatic hydroxyl groups excluding tert-OH is 4. The van der Waals surface area contributed by atoms with Gasteiger partial charge in [-0.3, -0.25) is 28.2 Å². The fourth-order valence-electron chi connectivity index (χ4n) is 10.3. The monoisotopic (exact) mass is 1400 g/mol. The average Bonchev–Trinajstić information content (AvgIpc) is 1.60. The lowest BCUT2D eigenvalue weighted by atomic mass is 9.96. The molecule has 8 rings (SSSR count). The van der Waals surface area contributed by atoms with Crippen LogP contribution in [0.25, 0.3) is 11.0 Å². The first-order valence-corrected chi connectivity index (χ1v) is 35.5. The molecular weight excluding hydrogens is 1320 g/mol. The smallest absolute Gasteiger partial charge is 0.459 e. The second kappa shape index (κ2) is 37.1. The maximum atomic E-state index is 14.4. The lowest BCUT2D eigenvalue weighted by molar-refractivity contribution is -0.152. The fraction of sp³-hybridized carbons (Fsp3) is 0.531. The molecule has 2 aliphatic rings. The molecule has 532 valence electrons. The molecule has 0 amide bonds. The standard InChI is InChI=1S/2C32H43N6O10P/c2*1-3-5-10-16-44-26(39)18-23(31(42)45-17-11-6-4-2)37-49(43,48-22-12-8-7-9-13-22)46-20-32(19-33)29(41)27(40)28(47-32)24-14-15-25-30(34)35-21-36-38(24)25/h2*7-9,12-15,21,23,27-29,40-41H,3-6,10-11,16-18,20H2,1-2H3,(H,37,43)(H2,34,35,36)/t23-,27-,28-,29-,32+,49+;23-,27-,28-,29-,32+,49-/m00/s1. The van der Waals surface area contributed by atoms with Crippen LogP contribution in [0.4, 0.5) is 11.6 Å². The molecule has 2 fully saturated rings. The molecule has 0 aliphatic carbocycles. The number of carbonyl (C=O) groups excluding carboxylic acids is 4. The molecule has 0 radical (unpaired) electrons. The quantitative estimate of drug-likeness (QED) is 0.00857. The molecule has 0 bridgehead atoms. The zero-order valence-electron chi connectivity index (χ0n) is 54.9. The van der Waals surface area contributed by atoms with Gasteiger partial charge in [-0.25, -0.2) is 28.1 Å². The third kappa shape index (κ3) is 20.5. The van der Waals surface area contributed by atoms with E-state index in [4.69, 9.17) is 58.0 Å². The summed E-state index contributed by atoms with van der Waals surface area (Å²) < 4.78 is 87.6. The van der Waals surface area contributed by atoms with Crippen LogP contribution in [0.5, 0.6) is 11.5 Å². The van der Waals surface area contributed by atoms with Gasteiger partial charge in [0, 0.05) is 0 Å². The molecule has 32 nitrogen and oxygen atoms in total. The van der Waals surface area contributed by atoms with Crippen molar-refractivity contribution in [2.24, 2.45) is 0 Å². The largest absolute Gasteiger partial charge is 0.466 e. The van der Waals surface area contributed by atoms with E-state index in [1.165, 1.54) is 58.1 Å². The number of ether oxygens (including phenoxy) is 6. The maximum absolute atomic E-state index is 14.4. The molecule has 0 spiro atoms. The Morgan fingerprint density at radius 2 is 0.898 bits per heavy atom. The number of esters is 4. The summed E-state index contributed by atoms with van der Waals surface area (Å²) in [6.45, 7) is 6.55. The van der Waals surface area contributed by atoms with E-state index in [0.717, 1.165) is 51.4 Å². The summed E-state index contributed by atoms with van der Waals surface area (Å²) in [5, 5.41) is 78.0. The molecule has 6 heterocycles. The second-order valence-electron chi connectivity index (χ2n) is 23.1. The Bertz CT molecular complexity index is 3510. The highest BCUT2D eigenvalue weighted by Gasteiger charge is 2.59. The average molecular weight is 1410 g/mol. The van der Waals surface area contributed by atoms with Gasteiger partial charge in [0.1, 0.15) is 109 Å². The number of hydrogen-bond acceptors (Lipinski definition) is 28. The molecule has 2 saturated heterocycles. The molecule has 98 heavy (non-hydrogen) atoms. The van der Waals surface area contributed by atoms with Crippen LogP contribution in [0.3, 0.4) is 0 Å². The van der Waals surface area contributed by atoms with E-state index in [1.54, 1.807) is 48.5 Å². The van der Waals surface area contributed by atoms with Crippen molar-refractivity contribution in [3.05, 3.63) is 109 Å². The summed E-state index contributed by atoms with van der Waals surface area (Å²) in [6, 6.07) is 22.5. The summed E-state index contributed by atoms with van der Waals surface area (Å²) in [5.41, 5.74) is 8.58. The Morgan fingerprint density at radius 3 is 1.23 bits per heavy atom. The van der Waals surface area contributed by atoms with Gasteiger partial charge in [-0.05, 0) is 74.2 Å². The topological polar surface area (TPSA) is 460 Å². The van der Waals surface area contributed by atoms with E-state index < -0.39 is 125 Å². The molecule has 2 aromatic carbocycles. The number of hydrogen-bond donors (Lipinski definition) is 8. The molecule has 4 aromatic heterocycles. The van der Waals surface area contributed by atoms with Crippen LogP contribution < -0.4 is 30.7 Å². The van der Waals surface area contributed by atoms with Gasteiger partial charge >= 0.3 is 39.4 Å². The van der Waals surface area contributed by atoms with Crippen LogP contribution in [0, 0.1) is 22.7 Å². The Hall–Kier alpha value is -8.20. The van der Waals surface area contributed by atoms with E-state index >= 15 is 0 Å². The number of aliphatic hydroxyl groups is 4. The summed E-state index contributed by atoms with van der Waals surface area (Å²) in [7, 11) is -9.39. The number of nitrogens with two attached hydrogens (primary N) is 2. The Labute approximate surface area is 566 Å². The van der Waals surface area contributed by atoms with Crippen molar-refractivity contribution in [3.8, 4) is 23.6 Å². The number of rotatable bonds is 38. The number of aromatic nitrogens is 6. The van der Waals surface area contributed by atoms with Crippen molar-refractivity contribution in [2.75, 3.05) is 51.1 Å². The minimum absolute atomic E-state index is 0.0585. The van der Waals surface area contributed by atoms with Gasteiger partial charge in [0.25, 0.3) is 0 Å². The van der Waals surface area contributed by atoms with Gasteiger partial charge < -0.3 is 69.4 Å². The van der Waals surface area contributed by atoms with Gasteiger partial charge in [0.05, 0.1) is 50.7 Å². The first-order chi connectivity index (χ1) is 47.1. The molecule has 12 atom stereocenters. The minimum atomic E-state index is -4.69. The number of para-hydroxylation sites is 2. The van der Waals surface area contributed by atoms with Gasteiger partial charge in [0.15, 0.2) is 11.6 Å². The lowest BCUT2D eigenvalue weighted by Crippen LogP contribution is -2.46. The van der Waals surface area contributed by atoms with Crippen LogP contribution in [0.2, 0.25) is 0 Å². The molecular formula is C64H86N12O20P2. The SMILES string of the molecule is CCCCCOC(=O)C[C@H](N[P@@](=O)(OC[C@@]1(C#N)O[C@@H](c2ccc3c(N)ncnn23)[C@H](O)[C@@H]1O)Oc1ccccc1)C(=O)OCCCCC.CCCCCOC(=O)C[C@H](N[P@](=O)(OC[C@@]1(C#N)O[C@@H](c2ccc3c(N)ncnn23)[C@H](O)[C@@H]1O)Oc1ccccc1)C(=O)OCCCCC. The van der Waals surface area contributed by atoms with E-state index in [0.29, 0.717) is 36.7 Å². The zero-order chi connectivity index (χ0) is 70.9. The van der Waals surface area contributed by atoms with E-state index in [1.807, 2.05) is 39.8 Å². The molecule has 0 saturated carbocycles. The highest BCUT2D eigenvalue weighted by atomic mass is 31.2. The lowest BCUT2D eigenvalue weighted by Gasteiger charge is -2.29. The van der Waals surface area contributed by atoms with Crippen molar-refractivity contribution in [3.63, 3.8) is 0 Å². The van der Waals surface area contributed by atoms with Crippen LogP contribution in [0.1, 0.15) is 141 Å². The Morgan fingerprint density at radius 1 is 0.551 bits per heavy atom. The normalized spacial score (nSPS) is 22.2. The zero-order valence-corrected chi connectivity index (χ0v) is 56.7. The predicted octanol–water partition coefficient (Wildman–Crippen LogP) is 6.77. The van der Waals surface area contributed by atoms with Gasteiger partial charge in [0.2, 0.25) is 11.2 Å². The van der Waals surface area contributed by atoms with Crippen LogP contribution >= 0.6 is 15.5 Å². The van der Waals surface area contributed by atoms with E-state index in [2.05, 4.69) is 30.3 Å². The van der Waals surface area contributed by atoms with E-state index in [9.17, 15) is 59.3 Å². The number of nitrogens with zero attached hydrogens (tertiary/aromatic N) is 8. The molecule has 6 aromatic rings. The summed E-state index contributed by atoms with van der Waals surface area (Å²) in [6.07, 6.45) is 0.871. The van der Waals surface area contributed by atoms with Crippen LogP contribution in [-0.2, 0) is 65.8 Å². The summed E-state index contributed by atoms with van der Waals surface area (Å²) in [4.78, 5) is 59.8. The van der Waals surface area contributed by atoms with Crippen LogP contribution in [0.15, 0.2) is 97.6 Å². The summed E-state index contributed by atoms with van der Waals surface area (Å²) in [5.74, 6) is -2.87. The second-order valence-corrected chi connectivity index (χ2v) is 26.5. The van der Waals surface area contributed by atoms with Crippen molar-refractivity contribution in [1.29, 1.82) is 10.5 Å². The number of nitrogens with one attached hydrogen (secondary N) is 2. The molecule has 34 heteroatoms. The third-order valence-electron chi connectivity index (χ3n) is 15.7. The third-order valence-corrected chi connectivity index (χ3v) is 18.8. The number of benzene rings is 2. The van der Waals surface area contributed by atoms with Gasteiger partial charge in [-0.2, -0.15) is 30.9 Å². The highest BCUT2D eigenvalue weighted by Crippen LogP contribution is 2.51. The summed E-state index contributed by atoms with van der Waals surface area (Å²) >= 11 is 0. The minimum Gasteiger partial charge on any atom is -0.466 e. The first kappa shape index (κ1) is 77.2. The number of anilines is 2. The number of nitriles is 2. The van der Waals surface area contributed by atoms with Crippen molar-refractivity contribution < 1.29 is 95.3 Å². The van der Waals surface area contributed by atoms with Crippen molar-refractivity contribution in [1.82, 2.24) is 39.4 Å². The number of fused-ring (bicyclic) bond motifs is 2. The first-order valence-electron chi connectivity index (χ1n) is 32.4. The molecule has 2 aliphatic heterocycles. The number of nitrogen functional groups attached to an aromatic ring is 2. The maximum Gasteiger partial charge on any atom is 0.459 e. The van der Waals surface area contributed by atoms with E-state index in [-0.39, 0.29) is 61.0 Å². The highest BCUT2D eigenvalue weighted by molar-refractivity contribution is 7.52. The van der Waals surface area contributed by atoms with Crippen LogP contribution in [-0.4, -0.2) is 161 Å². The number of unbranched alkanes of at least 4 members (excludes halogenated alkanes) is 8. The molecule has 10 N–H and O–H groups in total. The van der Waals surface area contributed by atoms with Gasteiger partial charge in [-0.15, -0.1) is 0 Å². The predicted molar refractivity (Wildman–Crippen MR) is 349 cm³/mol. The fourth-order valence-corrected chi connectivity index (χ4v) is 13.3. The molecule has 0 unspecified atom stereocenters. The number of carbonyl (C=O) groups is 4. The Kier molecular flexibility index (Phi) is 29.2.